The molecule has 0 atom stereocenters. The second-order valence-corrected chi connectivity index (χ2v) is 8.77. The molecule has 0 spiro atoms. The topological polar surface area (TPSA) is 36.4 Å². The van der Waals surface area contributed by atoms with Gasteiger partial charge in [0.1, 0.15) is 0 Å². The lowest BCUT2D eigenvalue weighted by Gasteiger charge is -2.21. The Labute approximate surface area is 184 Å². The molecule has 0 aliphatic rings. The molecule has 0 fully saturated rings. The maximum atomic E-state index is 13.2. The normalized spacial score (nSPS) is 11.0. The summed E-state index contributed by atoms with van der Waals surface area (Å²) >= 11 is 1.60. The molecule has 156 valence electrons. The van der Waals surface area contributed by atoms with Crippen LogP contribution in [0.4, 0.5) is 5.13 Å². The highest BCUT2D eigenvalue weighted by Crippen LogP contribution is 2.30. The molecular formula is C23H30ClN3OS. The number of aromatic nitrogens is 1. The molecule has 0 aliphatic carbocycles. The van der Waals surface area contributed by atoms with Crippen LogP contribution in [0.1, 0.15) is 28.7 Å². The second-order valence-electron chi connectivity index (χ2n) is 7.77. The lowest BCUT2D eigenvalue weighted by Crippen LogP contribution is -2.34. The van der Waals surface area contributed by atoms with Crippen molar-refractivity contribution in [2.45, 2.75) is 33.6 Å². The molecule has 2 aromatic carbocycles. The van der Waals surface area contributed by atoms with Crippen molar-refractivity contribution in [2.24, 2.45) is 0 Å². The van der Waals surface area contributed by atoms with E-state index in [0.29, 0.717) is 13.0 Å². The molecule has 0 unspecified atom stereocenters. The number of anilines is 1. The zero-order valence-electron chi connectivity index (χ0n) is 17.9. The smallest absolute Gasteiger partial charge is 0.233 e. The first-order chi connectivity index (χ1) is 13.3. The van der Waals surface area contributed by atoms with Gasteiger partial charge in [0, 0.05) is 6.54 Å². The maximum absolute atomic E-state index is 13.2. The Morgan fingerprint density at radius 3 is 2.45 bits per heavy atom. The Hall–Kier alpha value is -1.95. The average Bonchev–Trinajstić information content (AvgIpc) is 3.04. The number of halogens is 1. The van der Waals surface area contributed by atoms with Gasteiger partial charge < -0.3 is 4.90 Å². The van der Waals surface area contributed by atoms with Crippen molar-refractivity contribution in [3.05, 3.63) is 58.7 Å². The Morgan fingerprint density at radius 1 is 1.00 bits per heavy atom. The van der Waals surface area contributed by atoms with Gasteiger partial charge in [-0.1, -0.05) is 35.6 Å². The van der Waals surface area contributed by atoms with Crippen LogP contribution in [0.25, 0.3) is 10.2 Å². The van der Waals surface area contributed by atoms with Crippen LogP contribution in [0, 0.1) is 20.8 Å². The summed E-state index contributed by atoms with van der Waals surface area (Å²) in [5.41, 5.74) is 5.70. The monoisotopic (exact) mass is 431 g/mol. The number of thiazole rings is 1. The number of aryl methyl sites for hydroxylation is 3. The van der Waals surface area contributed by atoms with Gasteiger partial charge in [0.15, 0.2) is 5.13 Å². The van der Waals surface area contributed by atoms with Crippen molar-refractivity contribution in [3.63, 3.8) is 0 Å². The van der Waals surface area contributed by atoms with E-state index in [1.807, 2.05) is 11.0 Å². The van der Waals surface area contributed by atoms with E-state index in [9.17, 15) is 4.79 Å². The summed E-state index contributed by atoms with van der Waals surface area (Å²) in [4.78, 5) is 22.0. The van der Waals surface area contributed by atoms with Gasteiger partial charge in [0.25, 0.3) is 0 Å². The minimum absolute atomic E-state index is 0. The predicted molar refractivity (Wildman–Crippen MR) is 127 cm³/mol. The van der Waals surface area contributed by atoms with Crippen LogP contribution < -0.4 is 4.90 Å². The number of benzene rings is 2. The van der Waals surface area contributed by atoms with E-state index in [0.717, 1.165) is 33.9 Å². The minimum Gasteiger partial charge on any atom is -0.309 e. The predicted octanol–water partition coefficient (Wildman–Crippen LogP) is 5.17. The summed E-state index contributed by atoms with van der Waals surface area (Å²) < 4.78 is 1.13. The molecule has 1 aromatic heterocycles. The molecule has 1 amide bonds. The summed E-state index contributed by atoms with van der Waals surface area (Å²) in [6.45, 7) is 7.89. The minimum atomic E-state index is 0. The van der Waals surface area contributed by atoms with Crippen molar-refractivity contribution in [3.8, 4) is 0 Å². The van der Waals surface area contributed by atoms with Gasteiger partial charge in [0.05, 0.1) is 16.6 Å². The van der Waals surface area contributed by atoms with Crippen LogP contribution in [0.15, 0.2) is 36.4 Å². The number of hydrogen-bond donors (Lipinski definition) is 0. The van der Waals surface area contributed by atoms with Crippen molar-refractivity contribution in [2.75, 3.05) is 32.1 Å². The number of carbonyl (C=O) groups is 1. The standard InChI is InChI=1S/C23H29N3OS.ClH/c1-16-7-10-20-21(13-16)28-23(24-20)26(12-6-11-25(4)5)22(27)15-19-9-8-17(2)18(3)14-19;/h7-10,13-14H,6,11-12,15H2,1-5H3;1H. The van der Waals surface area contributed by atoms with Crippen molar-refractivity contribution in [1.82, 2.24) is 9.88 Å². The molecule has 29 heavy (non-hydrogen) atoms. The highest BCUT2D eigenvalue weighted by molar-refractivity contribution is 7.22. The van der Waals surface area contributed by atoms with E-state index in [1.165, 1.54) is 16.7 Å². The Morgan fingerprint density at radius 2 is 1.76 bits per heavy atom. The lowest BCUT2D eigenvalue weighted by atomic mass is 10.0. The highest BCUT2D eigenvalue weighted by Gasteiger charge is 2.20. The van der Waals surface area contributed by atoms with Crippen LogP contribution >= 0.6 is 23.7 Å². The van der Waals surface area contributed by atoms with Crippen LogP contribution in [0.2, 0.25) is 0 Å². The summed E-state index contributed by atoms with van der Waals surface area (Å²) in [6, 6.07) is 12.5. The van der Waals surface area contributed by atoms with E-state index >= 15 is 0 Å². The first-order valence-corrected chi connectivity index (χ1v) is 10.5. The quantitative estimate of drug-likeness (QED) is 0.517. The highest BCUT2D eigenvalue weighted by atomic mass is 35.5. The number of carbonyl (C=O) groups excluding carboxylic acids is 1. The largest absolute Gasteiger partial charge is 0.309 e. The van der Waals surface area contributed by atoms with Gasteiger partial charge in [-0.3, -0.25) is 9.69 Å². The number of nitrogens with zero attached hydrogens (tertiary/aromatic N) is 3. The molecule has 4 nitrogen and oxygen atoms in total. The van der Waals surface area contributed by atoms with Crippen molar-refractivity contribution < 1.29 is 4.79 Å². The van der Waals surface area contributed by atoms with E-state index in [4.69, 9.17) is 4.98 Å². The molecule has 1 heterocycles. The fraction of sp³-hybridized carbons (Fsp3) is 0.391. The third-order valence-electron chi connectivity index (χ3n) is 4.98. The molecule has 0 bridgehead atoms. The van der Waals surface area contributed by atoms with Gasteiger partial charge in [0.2, 0.25) is 5.91 Å². The van der Waals surface area contributed by atoms with Gasteiger partial charge in [-0.2, -0.15) is 0 Å². The fourth-order valence-electron chi connectivity index (χ4n) is 3.19. The first-order valence-electron chi connectivity index (χ1n) is 9.72. The summed E-state index contributed by atoms with van der Waals surface area (Å²) in [7, 11) is 4.11. The van der Waals surface area contributed by atoms with Crippen LogP contribution in [0.5, 0.6) is 0 Å². The van der Waals surface area contributed by atoms with E-state index in [1.54, 1.807) is 11.3 Å². The maximum Gasteiger partial charge on any atom is 0.233 e. The lowest BCUT2D eigenvalue weighted by molar-refractivity contribution is -0.118. The molecular weight excluding hydrogens is 402 g/mol. The zero-order valence-corrected chi connectivity index (χ0v) is 19.5. The fourth-order valence-corrected chi connectivity index (χ4v) is 4.30. The van der Waals surface area contributed by atoms with Crippen molar-refractivity contribution in [1.29, 1.82) is 0 Å². The number of fused-ring (bicyclic) bond motifs is 1. The molecule has 3 rings (SSSR count). The van der Waals surface area contributed by atoms with Crippen LogP contribution in [0.3, 0.4) is 0 Å². The molecule has 0 radical (unpaired) electrons. The second kappa shape index (κ2) is 10.2. The number of hydrogen-bond acceptors (Lipinski definition) is 4. The van der Waals surface area contributed by atoms with Gasteiger partial charge in [-0.15, -0.1) is 12.4 Å². The van der Waals surface area contributed by atoms with Crippen LogP contribution in [-0.2, 0) is 11.2 Å². The third-order valence-corrected chi connectivity index (χ3v) is 6.02. The van der Waals surface area contributed by atoms with Crippen molar-refractivity contribution >= 4 is 45.0 Å². The van der Waals surface area contributed by atoms with Gasteiger partial charge >= 0.3 is 0 Å². The number of amides is 1. The Kier molecular flexibility index (Phi) is 8.20. The van der Waals surface area contributed by atoms with E-state index in [2.05, 4.69) is 70.1 Å². The molecule has 0 saturated heterocycles. The van der Waals surface area contributed by atoms with Gasteiger partial charge in [-0.05, 0) is 82.2 Å². The third kappa shape index (κ3) is 6.01. The summed E-state index contributed by atoms with van der Waals surface area (Å²) in [6.07, 6.45) is 1.32. The molecule has 0 saturated carbocycles. The van der Waals surface area contributed by atoms with E-state index < -0.39 is 0 Å². The molecule has 0 aliphatic heterocycles. The summed E-state index contributed by atoms with van der Waals surface area (Å²) in [5, 5.41) is 0.799. The zero-order chi connectivity index (χ0) is 20.3. The molecule has 0 N–H and O–H groups in total. The number of rotatable bonds is 7. The molecule has 6 heteroatoms. The van der Waals surface area contributed by atoms with Crippen LogP contribution in [-0.4, -0.2) is 43.0 Å². The molecule has 3 aromatic rings. The average molecular weight is 432 g/mol. The summed E-state index contributed by atoms with van der Waals surface area (Å²) in [5.74, 6) is 0.109. The van der Waals surface area contributed by atoms with E-state index in [-0.39, 0.29) is 18.3 Å². The SMILES string of the molecule is Cc1ccc2nc(N(CCCN(C)C)C(=O)Cc3ccc(C)c(C)c3)sc2c1.Cl. The Bertz CT molecular complexity index is 983. The Balaban J connectivity index is 0.00000300. The van der Waals surface area contributed by atoms with Gasteiger partial charge in [-0.25, -0.2) is 4.98 Å². The first kappa shape index (κ1) is 23.3.